The van der Waals surface area contributed by atoms with Crippen molar-refractivity contribution in [1.82, 2.24) is 0 Å². The molecule has 0 radical (unpaired) electrons. The molecule has 0 amide bonds. The van der Waals surface area contributed by atoms with Crippen LogP contribution in [0.1, 0.15) is 34.0 Å². The third-order valence-corrected chi connectivity index (χ3v) is 3.98. The summed E-state index contributed by atoms with van der Waals surface area (Å²) in [6.07, 6.45) is 5.76. The lowest BCUT2D eigenvalue weighted by molar-refractivity contribution is 0.0999. The number of rotatable bonds is 3. The van der Waals surface area contributed by atoms with Gasteiger partial charge in [-0.25, -0.2) is 0 Å². The molecule has 0 saturated heterocycles. The molecule has 0 spiro atoms. The predicted molar refractivity (Wildman–Crippen MR) is 96.7 cm³/mol. The third-order valence-electron chi connectivity index (χ3n) is 3.98. The Hall–Kier alpha value is -2.81. The van der Waals surface area contributed by atoms with E-state index in [9.17, 15) is 4.79 Å². The number of ether oxygens (including phenoxy) is 2. The van der Waals surface area contributed by atoms with Gasteiger partial charge in [-0.2, -0.15) is 0 Å². The molecule has 0 aliphatic carbocycles. The molecule has 0 bridgehead atoms. The summed E-state index contributed by atoms with van der Waals surface area (Å²) in [6.45, 7) is 4.23. The number of carbonyl (C=O) groups is 1. The van der Waals surface area contributed by atoms with E-state index in [-0.39, 0.29) is 12.4 Å². The Morgan fingerprint density at radius 1 is 1.12 bits per heavy atom. The van der Waals surface area contributed by atoms with Crippen LogP contribution < -0.4 is 9.47 Å². The molecule has 2 aromatic rings. The van der Waals surface area contributed by atoms with Gasteiger partial charge in [0, 0.05) is 5.57 Å². The molecule has 1 heterocycles. The largest absolute Gasteiger partial charge is 0.493 e. The van der Waals surface area contributed by atoms with Crippen LogP contribution in [0.15, 0.2) is 48.0 Å². The fourth-order valence-electron chi connectivity index (χ4n) is 2.74. The van der Waals surface area contributed by atoms with Gasteiger partial charge in [0.2, 0.25) is 0 Å². The number of benzene rings is 2. The van der Waals surface area contributed by atoms with Crippen molar-refractivity contribution < 1.29 is 14.3 Å². The highest BCUT2D eigenvalue weighted by molar-refractivity contribution is 6.14. The summed E-state index contributed by atoms with van der Waals surface area (Å²) >= 11 is 0. The highest BCUT2D eigenvalue weighted by Gasteiger charge is 2.26. The van der Waals surface area contributed by atoms with Gasteiger partial charge >= 0.3 is 0 Å². The average Bonchev–Trinajstić information content (AvgIpc) is 2.59. The Balaban J connectivity index is 2.03. The van der Waals surface area contributed by atoms with Crippen LogP contribution in [0, 0.1) is 6.92 Å². The molecule has 0 saturated carbocycles. The van der Waals surface area contributed by atoms with Gasteiger partial charge in [-0.1, -0.05) is 42.0 Å². The van der Waals surface area contributed by atoms with E-state index in [0.717, 1.165) is 11.1 Å². The van der Waals surface area contributed by atoms with Crippen molar-refractivity contribution in [1.29, 1.82) is 0 Å². The van der Waals surface area contributed by atoms with Crippen molar-refractivity contribution in [3.8, 4) is 11.5 Å². The van der Waals surface area contributed by atoms with E-state index in [1.807, 2.05) is 68.5 Å². The van der Waals surface area contributed by atoms with Crippen LogP contribution in [0.25, 0.3) is 12.2 Å². The second-order valence-electron chi connectivity index (χ2n) is 5.80. The van der Waals surface area contributed by atoms with Crippen molar-refractivity contribution in [3.05, 3.63) is 70.3 Å². The minimum atomic E-state index is -0.0125. The Kier molecular flexibility index (Phi) is 4.52. The van der Waals surface area contributed by atoms with Gasteiger partial charge in [-0.05, 0) is 43.2 Å². The first-order chi connectivity index (χ1) is 11.6. The van der Waals surface area contributed by atoms with Gasteiger partial charge in [0.05, 0.1) is 12.7 Å². The summed E-state index contributed by atoms with van der Waals surface area (Å²) in [5, 5.41) is 0. The van der Waals surface area contributed by atoms with Gasteiger partial charge in [0.1, 0.15) is 6.61 Å². The molecular weight excluding hydrogens is 300 g/mol. The number of hydrogen-bond acceptors (Lipinski definition) is 3. The summed E-state index contributed by atoms with van der Waals surface area (Å²) in [5.74, 6) is 1.10. The fourth-order valence-corrected chi connectivity index (χ4v) is 2.74. The molecule has 0 atom stereocenters. The Bertz CT molecular complexity index is 827. The van der Waals surface area contributed by atoms with E-state index in [0.29, 0.717) is 22.6 Å². The second kappa shape index (κ2) is 6.75. The van der Waals surface area contributed by atoms with E-state index in [2.05, 4.69) is 0 Å². The van der Waals surface area contributed by atoms with E-state index in [4.69, 9.17) is 9.47 Å². The number of Topliss-reactive ketones (excluding diaryl/α,β-unsaturated/α-hetero) is 1. The number of methoxy groups -OCH3 is 1. The lowest BCUT2D eigenvalue weighted by Crippen LogP contribution is -2.19. The average molecular weight is 320 g/mol. The number of aryl methyl sites for hydroxylation is 1. The third kappa shape index (κ3) is 3.11. The summed E-state index contributed by atoms with van der Waals surface area (Å²) in [6, 6.07) is 11.8. The minimum Gasteiger partial charge on any atom is -0.493 e. The van der Waals surface area contributed by atoms with Crippen molar-refractivity contribution in [2.75, 3.05) is 13.7 Å². The van der Waals surface area contributed by atoms with Crippen molar-refractivity contribution in [2.45, 2.75) is 13.8 Å². The van der Waals surface area contributed by atoms with Crippen LogP contribution in [0.4, 0.5) is 0 Å². The van der Waals surface area contributed by atoms with Crippen LogP contribution in [0.2, 0.25) is 0 Å². The van der Waals surface area contributed by atoms with Crippen LogP contribution >= 0.6 is 0 Å². The topological polar surface area (TPSA) is 35.5 Å². The predicted octanol–water partition coefficient (Wildman–Crippen LogP) is 4.70. The standard InChI is InChI=1S/C21H20O3/c1-4-5-16-11-18-20(22)17(10-15-8-6-14(2)7-9-15)13-24-21(18)19(12-16)23-3/h4-12H,13H2,1-3H3/b5-4+,17-10+. The quantitative estimate of drug-likeness (QED) is 0.769. The summed E-state index contributed by atoms with van der Waals surface area (Å²) in [5.41, 5.74) is 4.29. The molecule has 0 fully saturated rings. The van der Waals surface area contributed by atoms with E-state index in [1.165, 1.54) is 5.56 Å². The lowest BCUT2D eigenvalue weighted by atomic mass is 9.96. The van der Waals surface area contributed by atoms with Crippen molar-refractivity contribution in [3.63, 3.8) is 0 Å². The van der Waals surface area contributed by atoms with Crippen molar-refractivity contribution in [2.24, 2.45) is 0 Å². The molecule has 0 unspecified atom stereocenters. The van der Waals surface area contributed by atoms with Gasteiger partial charge in [0.15, 0.2) is 17.3 Å². The maximum atomic E-state index is 12.9. The smallest absolute Gasteiger partial charge is 0.196 e. The maximum Gasteiger partial charge on any atom is 0.196 e. The molecule has 0 N–H and O–H groups in total. The second-order valence-corrected chi connectivity index (χ2v) is 5.80. The number of fused-ring (bicyclic) bond motifs is 1. The monoisotopic (exact) mass is 320 g/mol. The van der Waals surface area contributed by atoms with Crippen LogP contribution in [0.3, 0.4) is 0 Å². The molecular formula is C21H20O3. The molecule has 1 aliphatic heterocycles. The highest BCUT2D eigenvalue weighted by Crippen LogP contribution is 2.38. The number of hydrogen-bond donors (Lipinski definition) is 0. The zero-order valence-corrected chi connectivity index (χ0v) is 14.1. The first kappa shape index (κ1) is 16.1. The van der Waals surface area contributed by atoms with Crippen molar-refractivity contribution >= 4 is 17.9 Å². The van der Waals surface area contributed by atoms with E-state index < -0.39 is 0 Å². The molecule has 3 rings (SSSR count). The molecule has 0 aromatic heterocycles. The molecule has 3 nitrogen and oxygen atoms in total. The minimum absolute atomic E-state index is 0.0125. The molecule has 1 aliphatic rings. The number of ketones is 1. The lowest BCUT2D eigenvalue weighted by Gasteiger charge is -2.21. The Labute approximate surface area is 142 Å². The van der Waals surface area contributed by atoms with Gasteiger partial charge in [-0.15, -0.1) is 0 Å². The SMILES string of the molecule is C/C=C/c1cc(OC)c2c(c1)C(=O)/C(=C/c1ccc(C)cc1)CO2. The maximum absolute atomic E-state index is 12.9. The molecule has 122 valence electrons. The van der Waals surface area contributed by atoms with Crippen LogP contribution in [-0.2, 0) is 0 Å². The van der Waals surface area contributed by atoms with Crippen LogP contribution in [0.5, 0.6) is 11.5 Å². The fraction of sp³-hybridized carbons (Fsp3) is 0.190. The van der Waals surface area contributed by atoms with E-state index >= 15 is 0 Å². The zero-order valence-electron chi connectivity index (χ0n) is 14.1. The van der Waals surface area contributed by atoms with Gasteiger partial charge in [-0.3, -0.25) is 4.79 Å². The van der Waals surface area contributed by atoms with Gasteiger partial charge in [0.25, 0.3) is 0 Å². The Morgan fingerprint density at radius 2 is 1.88 bits per heavy atom. The number of allylic oxidation sites excluding steroid dienone is 1. The Morgan fingerprint density at radius 3 is 2.54 bits per heavy atom. The first-order valence-corrected chi connectivity index (χ1v) is 7.92. The summed E-state index contributed by atoms with van der Waals surface area (Å²) < 4.78 is 11.2. The number of carbonyl (C=O) groups excluding carboxylic acids is 1. The molecule has 24 heavy (non-hydrogen) atoms. The van der Waals surface area contributed by atoms with E-state index in [1.54, 1.807) is 7.11 Å². The summed E-state index contributed by atoms with van der Waals surface area (Å²) in [7, 11) is 1.58. The first-order valence-electron chi connectivity index (χ1n) is 7.92. The molecule has 2 aromatic carbocycles. The summed E-state index contributed by atoms with van der Waals surface area (Å²) in [4.78, 5) is 12.9. The highest BCUT2D eigenvalue weighted by atomic mass is 16.5. The molecule has 3 heteroatoms. The van der Waals surface area contributed by atoms with Gasteiger partial charge < -0.3 is 9.47 Å². The van der Waals surface area contributed by atoms with Crippen LogP contribution in [-0.4, -0.2) is 19.5 Å². The normalized spacial score (nSPS) is 15.5. The zero-order chi connectivity index (χ0) is 17.1.